The van der Waals surface area contributed by atoms with Crippen molar-refractivity contribution in [2.24, 2.45) is 0 Å². The van der Waals surface area contributed by atoms with Crippen LogP contribution in [0.15, 0.2) is 48.9 Å². The van der Waals surface area contributed by atoms with Crippen LogP contribution < -0.4 is 15.4 Å². The Morgan fingerprint density at radius 3 is 2.61 bits per heavy atom. The Kier molecular flexibility index (Phi) is 7.85. The molecule has 0 saturated heterocycles. The summed E-state index contributed by atoms with van der Waals surface area (Å²) in [6.45, 7) is 1.88. The van der Waals surface area contributed by atoms with Gasteiger partial charge in [0, 0.05) is 18.5 Å². The normalized spacial score (nSPS) is 11.2. The fourth-order valence-corrected chi connectivity index (χ4v) is 2.30. The molecule has 0 aliphatic heterocycles. The number of rotatable bonds is 8. The summed E-state index contributed by atoms with van der Waals surface area (Å²) in [7, 11) is 0. The predicted octanol–water partition coefficient (Wildman–Crippen LogP) is 3.12. The standard InChI is InChI=1S/C18H19FN6O2.ClH/c1-12(13-2-4-14(19)5-3-13)22-18-24-15(10-17(25-18)27-9-8-26)23-16-11-20-6-7-21-16;/h2-7,10-12,26H,8-9H2,1H3,(H2,21,22,23,24,25);1H/t12-;/m0./s1. The van der Waals surface area contributed by atoms with Crippen LogP contribution in [0.1, 0.15) is 18.5 Å². The second-order valence-corrected chi connectivity index (χ2v) is 5.62. The Labute approximate surface area is 167 Å². The highest BCUT2D eigenvalue weighted by Crippen LogP contribution is 2.22. The summed E-state index contributed by atoms with van der Waals surface area (Å²) in [4.78, 5) is 16.8. The first-order chi connectivity index (χ1) is 13.1. The fourth-order valence-electron chi connectivity index (χ4n) is 2.30. The molecule has 148 valence electrons. The van der Waals surface area contributed by atoms with Crippen molar-refractivity contribution in [3.8, 4) is 5.88 Å². The first kappa shape index (κ1) is 21.3. The number of aliphatic hydroxyl groups excluding tert-OH is 1. The second-order valence-electron chi connectivity index (χ2n) is 5.62. The molecule has 0 spiro atoms. The topological polar surface area (TPSA) is 105 Å². The Morgan fingerprint density at radius 2 is 1.93 bits per heavy atom. The van der Waals surface area contributed by atoms with Gasteiger partial charge in [-0.25, -0.2) is 9.37 Å². The Balaban J connectivity index is 0.00000280. The number of anilines is 3. The molecule has 2 aromatic heterocycles. The molecular formula is C18H20ClFN6O2. The van der Waals surface area contributed by atoms with E-state index in [9.17, 15) is 4.39 Å². The maximum absolute atomic E-state index is 13.1. The summed E-state index contributed by atoms with van der Waals surface area (Å²) in [5.74, 6) is 1.28. The van der Waals surface area contributed by atoms with Crippen LogP contribution in [0.25, 0.3) is 0 Å². The summed E-state index contributed by atoms with van der Waals surface area (Å²) in [6.07, 6.45) is 4.69. The SMILES string of the molecule is C[C@H](Nc1nc(Nc2cnccn2)cc(OCCO)n1)c1ccc(F)cc1.Cl. The van der Waals surface area contributed by atoms with E-state index in [1.54, 1.807) is 36.8 Å². The molecule has 10 heteroatoms. The molecular weight excluding hydrogens is 387 g/mol. The molecule has 2 heterocycles. The summed E-state index contributed by atoms with van der Waals surface area (Å²) in [6, 6.07) is 7.61. The maximum atomic E-state index is 13.1. The zero-order valence-electron chi connectivity index (χ0n) is 15.0. The fraction of sp³-hybridized carbons (Fsp3) is 0.222. The Hall–Kier alpha value is -3.04. The van der Waals surface area contributed by atoms with E-state index in [0.29, 0.717) is 23.5 Å². The number of nitrogens with zero attached hydrogens (tertiary/aromatic N) is 4. The minimum Gasteiger partial charge on any atom is -0.475 e. The molecule has 0 bridgehead atoms. The monoisotopic (exact) mass is 406 g/mol. The van der Waals surface area contributed by atoms with Crippen LogP contribution in [0.2, 0.25) is 0 Å². The molecule has 0 aliphatic rings. The molecule has 0 fully saturated rings. The number of hydrogen-bond donors (Lipinski definition) is 3. The molecule has 0 radical (unpaired) electrons. The highest BCUT2D eigenvalue weighted by molar-refractivity contribution is 5.85. The van der Waals surface area contributed by atoms with E-state index in [4.69, 9.17) is 9.84 Å². The summed E-state index contributed by atoms with van der Waals surface area (Å²) in [5.41, 5.74) is 0.880. The second kappa shape index (κ2) is 10.3. The maximum Gasteiger partial charge on any atom is 0.228 e. The van der Waals surface area contributed by atoms with Crippen molar-refractivity contribution >= 4 is 30.0 Å². The van der Waals surface area contributed by atoms with Crippen molar-refractivity contribution in [3.05, 3.63) is 60.3 Å². The summed E-state index contributed by atoms with van der Waals surface area (Å²) >= 11 is 0. The van der Waals surface area contributed by atoms with Crippen molar-refractivity contribution in [1.29, 1.82) is 0 Å². The first-order valence-electron chi connectivity index (χ1n) is 8.32. The van der Waals surface area contributed by atoms with E-state index in [1.807, 2.05) is 6.92 Å². The number of aromatic nitrogens is 4. The predicted molar refractivity (Wildman–Crippen MR) is 106 cm³/mol. The minimum absolute atomic E-state index is 0. The van der Waals surface area contributed by atoms with E-state index in [1.165, 1.54) is 12.1 Å². The first-order valence-corrected chi connectivity index (χ1v) is 8.32. The van der Waals surface area contributed by atoms with E-state index in [0.717, 1.165) is 5.56 Å². The van der Waals surface area contributed by atoms with Gasteiger partial charge < -0.3 is 20.5 Å². The van der Waals surface area contributed by atoms with Crippen molar-refractivity contribution in [1.82, 2.24) is 19.9 Å². The lowest BCUT2D eigenvalue weighted by atomic mass is 10.1. The van der Waals surface area contributed by atoms with Gasteiger partial charge in [0.05, 0.1) is 18.8 Å². The molecule has 28 heavy (non-hydrogen) atoms. The molecule has 3 rings (SSSR count). The van der Waals surface area contributed by atoms with Crippen LogP contribution in [-0.2, 0) is 0 Å². The van der Waals surface area contributed by atoms with Crippen molar-refractivity contribution in [2.45, 2.75) is 13.0 Å². The molecule has 0 aliphatic carbocycles. The van der Waals surface area contributed by atoms with Crippen LogP contribution in [0.5, 0.6) is 5.88 Å². The Morgan fingerprint density at radius 1 is 1.14 bits per heavy atom. The highest BCUT2D eigenvalue weighted by atomic mass is 35.5. The van der Waals surface area contributed by atoms with Crippen molar-refractivity contribution in [2.75, 3.05) is 23.8 Å². The van der Waals surface area contributed by atoms with Gasteiger partial charge in [-0.3, -0.25) is 4.98 Å². The zero-order valence-corrected chi connectivity index (χ0v) is 15.9. The van der Waals surface area contributed by atoms with Gasteiger partial charge in [-0.05, 0) is 24.6 Å². The molecule has 1 atom stereocenters. The molecule has 0 saturated carbocycles. The lowest BCUT2D eigenvalue weighted by Gasteiger charge is -2.16. The lowest BCUT2D eigenvalue weighted by Crippen LogP contribution is -2.12. The molecule has 1 aromatic carbocycles. The average Bonchev–Trinajstić information content (AvgIpc) is 2.67. The third-order valence-corrected chi connectivity index (χ3v) is 3.58. The Bertz CT molecular complexity index is 870. The molecule has 3 aromatic rings. The van der Waals surface area contributed by atoms with Crippen molar-refractivity contribution in [3.63, 3.8) is 0 Å². The van der Waals surface area contributed by atoms with Gasteiger partial charge in [0.25, 0.3) is 0 Å². The van der Waals surface area contributed by atoms with E-state index in [-0.39, 0.29) is 37.5 Å². The van der Waals surface area contributed by atoms with E-state index in [2.05, 4.69) is 30.6 Å². The van der Waals surface area contributed by atoms with Crippen LogP contribution in [0, 0.1) is 5.82 Å². The van der Waals surface area contributed by atoms with Gasteiger partial charge in [0.1, 0.15) is 24.1 Å². The van der Waals surface area contributed by atoms with Gasteiger partial charge in [0.2, 0.25) is 11.8 Å². The van der Waals surface area contributed by atoms with Crippen LogP contribution in [0.3, 0.4) is 0 Å². The van der Waals surface area contributed by atoms with Gasteiger partial charge in [-0.15, -0.1) is 12.4 Å². The minimum atomic E-state index is -0.294. The number of halogens is 2. The van der Waals surface area contributed by atoms with Crippen molar-refractivity contribution < 1.29 is 14.2 Å². The van der Waals surface area contributed by atoms with E-state index < -0.39 is 0 Å². The molecule has 8 nitrogen and oxygen atoms in total. The molecule has 0 amide bonds. The third-order valence-electron chi connectivity index (χ3n) is 3.58. The van der Waals surface area contributed by atoms with Gasteiger partial charge in [-0.1, -0.05) is 12.1 Å². The number of ether oxygens (including phenoxy) is 1. The number of nitrogens with one attached hydrogen (secondary N) is 2. The zero-order chi connectivity index (χ0) is 19.1. The van der Waals surface area contributed by atoms with Gasteiger partial charge in [-0.2, -0.15) is 9.97 Å². The largest absolute Gasteiger partial charge is 0.475 e. The number of benzene rings is 1. The van der Waals surface area contributed by atoms with E-state index >= 15 is 0 Å². The average molecular weight is 407 g/mol. The van der Waals surface area contributed by atoms with Crippen LogP contribution in [-0.4, -0.2) is 38.3 Å². The highest BCUT2D eigenvalue weighted by Gasteiger charge is 2.11. The smallest absolute Gasteiger partial charge is 0.228 e. The lowest BCUT2D eigenvalue weighted by molar-refractivity contribution is 0.197. The quantitative estimate of drug-likeness (QED) is 0.524. The van der Waals surface area contributed by atoms with Gasteiger partial charge in [0.15, 0.2) is 0 Å². The number of hydrogen-bond acceptors (Lipinski definition) is 8. The van der Waals surface area contributed by atoms with Crippen LogP contribution in [0.4, 0.5) is 22.0 Å². The van der Waals surface area contributed by atoms with Crippen LogP contribution >= 0.6 is 12.4 Å². The summed E-state index contributed by atoms with van der Waals surface area (Å²) < 4.78 is 18.5. The molecule has 0 unspecified atom stereocenters. The van der Waals surface area contributed by atoms with Gasteiger partial charge >= 0.3 is 0 Å². The summed E-state index contributed by atoms with van der Waals surface area (Å²) in [5, 5.41) is 15.2. The number of aliphatic hydroxyl groups is 1. The third kappa shape index (κ3) is 6.00. The molecule has 3 N–H and O–H groups in total.